The number of benzene rings is 2. The normalized spacial score (nSPS) is 12.6. The van der Waals surface area contributed by atoms with Crippen LogP contribution in [0.3, 0.4) is 0 Å². The number of halogens is 4. The molecule has 1 amide bonds. The summed E-state index contributed by atoms with van der Waals surface area (Å²) in [6.45, 7) is 0. The number of rotatable bonds is 4. The first-order valence-corrected chi connectivity index (χ1v) is 8.51. The maximum absolute atomic E-state index is 13.8. The summed E-state index contributed by atoms with van der Waals surface area (Å²) in [5.41, 5.74) is -0.528. The predicted octanol–water partition coefficient (Wildman–Crippen LogP) is 4.80. The van der Waals surface area contributed by atoms with Crippen molar-refractivity contribution in [2.75, 3.05) is 5.32 Å². The number of hydrogen-bond donors (Lipinski definition) is 2. The monoisotopic (exact) mass is 396 g/mol. The molecule has 0 aliphatic carbocycles. The number of carbonyl (C=O) groups excluding carboxylic acids is 1. The molecule has 27 heavy (non-hydrogen) atoms. The lowest BCUT2D eigenvalue weighted by Crippen LogP contribution is -2.22. The number of aliphatic hydroxyl groups excluding tert-OH is 1. The van der Waals surface area contributed by atoms with Gasteiger partial charge >= 0.3 is 6.18 Å². The molecule has 0 aliphatic heterocycles. The predicted molar refractivity (Wildman–Crippen MR) is 92.9 cm³/mol. The summed E-state index contributed by atoms with van der Waals surface area (Å²) >= 11 is 1.03. The third-order valence-corrected chi connectivity index (χ3v) is 4.53. The van der Waals surface area contributed by atoms with E-state index in [4.69, 9.17) is 0 Å². The molecular weight excluding hydrogens is 384 g/mol. The van der Waals surface area contributed by atoms with Crippen LogP contribution in [0.4, 0.5) is 23.2 Å². The third-order valence-electron chi connectivity index (χ3n) is 3.65. The van der Waals surface area contributed by atoms with Crippen LogP contribution >= 0.6 is 11.3 Å². The molecule has 9 heteroatoms. The van der Waals surface area contributed by atoms with Gasteiger partial charge in [0, 0.05) is 22.2 Å². The molecule has 2 N–H and O–H groups in total. The molecule has 0 saturated heterocycles. The Morgan fingerprint density at radius 2 is 1.78 bits per heavy atom. The van der Waals surface area contributed by atoms with E-state index in [1.807, 2.05) is 0 Å². The van der Waals surface area contributed by atoms with Crippen LogP contribution in [0.2, 0.25) is 0 Å². The minimum Gasteiger partial charge on any atom is -0.379 e. The molecule has 0 unspecified atom stereocenters. The Morgan fingerprint density at radius 1 is 1.11 bits per heavy atom. The second kappa shape index (κ2) is 7.45. The molecule has 1 heterocycles. The van der Waals surface area contributed by atoms with Gasteiger partial charge in [0.15, 0.2) is 6.10 Å². The lowest BCUT2D eigenvalue weighted by atomic mass is 10.1. The molecule has 3 rings (SSSR count). The van der Waals surface area contributed by atoms with Gasteiger partial charge in [0.25, 0.3) is 5.91 Å². The highest BCUT2D eigenvalue weighted by atomic mass is 32.1. The van der Waals surface area contributed by atoms with Gasteiger partial charge in [-0.2, -0.15) is 13.2 Å². The zero-order valence-corrected chi connectivity index (χ0v) is 14.3. The quantitative estimate of drug-likeness (QED) is 0.623. The number of aromatic nitrogens is 1. The summed E-state index contributed by atoms with van der Waals surface area (Å²) in [5, 5.41) is 13.4. The fraction of sp³-hybridized carbons (Fsp3) is 0.111. The number of para-hydroxylation sites is 1. The number of carbonyl (C=O) groups is 1. The van der Waals surface area contributed by atoms with Gasteiger partial charge in [-0.25, -0.2) is 9.37 Å². The average molecular weight is 396 g/mol. The molecule has 0 saturated carbocycles. The molecule has 0 fully saturated rings. The van der Waals surface area contributed by atoms with E-state index in [1.54, 1.807) is 6.07 Å². The molecule has 3 aromatic rings. The summed E-state index contributed by atoms with van der Waals surface area (Å²) in [5.74, 6) is -1.27. The zero-order valence-electron chi connectivity index (χ0n) is 13.5. The summed E-state index contributed by atoms with van der Waals surface area (Å²) in [7, 11) is 0. The Hall–Kier alpha value is -2.78. The number of hydrogen-bond acceptors (Lipinski definition) is 4. The molecule has 1 atom stereocenters. The topological polar surface area (TPSA) is 62.2 Å². The highest BCUT2D eigenvalue weighted by Gasteiger charge is 2.40. The van der Waals surface area contributed by atoms with Crippen LogP contribution in [-0.2, 0) is 0 Å². The molecule has 140 valence electrons. The molecule has 0 spiro atoms. The van der Waals surface area contributed by atoms with Gasteiger partial charge < -0.3 is 10.4 Å². The first-order chi connectivity index (χ1) is 12.8. The molecule has 1 aromatic heterocycles. The fourth-order valence-electron chi connectivity index (χ4n) is 2.35. The van der Waals surface area contributed by atoms with Crippen molar-refractivity contribution < 1.29 is 27.5 Å². The van der Waals surface area contributed by atoms with Crippen LogP contribution in [0.5, 0.6) is 0 Å². The standard InChI is InChI=1S/C18H12F4N2O2S/c19-12-7-3-1-5-10(12)17-24-14(9-27-17)16(26)23-13-8-4-2-6-11(13)15(25)18(20,21)22/h1-9,15,25H,(H,23,26)/t15-/m1/s1. The van der Waals surface area contributed by atoms with Crippen molar-refractivity contribution in [3.05, 3.63) is 71.0 Å². The molecule has 2 aromatic carbocycles. The van der Waals surface area contributed by atoms with Crippen LogP contribution in [0.1, 0.15) is 22.2 Å². The van der Waals surface area contributed by atoms with Crippen molar-refractivity contribution >= 4 is 22.9 Å². The Labute approximate surface area is 155 Å². The first kappa shape index (κ1) is 19.0. The van der Waals surface area contributed by atoms with Crippen molar-refractivity contribution in [3.8, 4) is 10.6 Å². The molecule has 4 nitrogen and oxygen atoms in total. The Bertz CT molecular complexity index is 972. The number of aliphatic hydroxyl groups is 1. The van der Waals surface area contributed by atoms with Gasteiger partial charge in [-0.15, -0.1) is 11.3 Å². The lowest BCUT2D eigenvalue weighted by Gasteiger charge is -2.18. The second-order valence-corrected chi connectivity index (χ2v) is 6.36. The Balaban J connectivity index is 1.85. The third kappa shape index (κ3) is 4.15. The first-order valence-electron chi connectivity index (χ1n) is 7.63. The number of thiazole rings is 1. The van der Waals surface area contributed by atoms with Gasteiger partial charge in [0.05, 0.1) is 0 Å². The summed E-state index contributed by atoms with van der Waals surface area (Å²) in [4.78, 5) is 16.4. The van der Waals surface area contributed by atoms with E-state index >= 15 is 0 Å². The summed E-state index contributed by atoms with van der Waals surface area (Å²) < 4.78 is 52.2. The van der Waals surface area contributed by atoms with E-state index in [0.717, 1.165) is 17.4 Å². The number of nitrogens with one attached hydrogen (secondary N) is 1. The van der Waals surface area contributed by atoms with Crippen molar-refractivity contribution in [2.45, 2.75) is 12.3 Å². The lowest BCUT2D eigenvalue weighted by molar-refractivity contribution is -0.206. The smallest absolute Gasteiger partial charge is 0.379 e. The Kier molecular flexibility index (Phi) is 5.24. The minimum absolute atomic E-state index is 0.0745. The Morgan fingerprint density at radius 3 is 2.48 bits per heavy atom. The van der Waals surface area contributed by atoms with Crippen LogP contribution < -0.4 is 5.32 Å². The fourth-order valence-corrected chi connectivity index (χ4v) is 3.17. The highest BCUT2D eigenvalue weighted by molar-refractivity contribution is 7.13. The zero-order chi connectivity index (χ0) is 19.6. The van der Waals surface area contributed by atoms with E-state index in [1.165, 1.54) is 41.8 Å². The maximum atomic E-state index is 13.8. The highest BCUT2D eigenvalue weighted by Crippen LogP contribution is 2.36. The van der Waals surface area contributed by atoms with E-state index in [9.17, 15) is 27.5 Å². The number of alkyl halides is 3. The number of amides is 1. The minimum atomic E-state index is -4.88. The molecule has 0 bridgehead atoms. The van der Waals surface area contributed by atoms with Crippen molar-refractivity contribution in [1.29, 1.82) is 0 Å². The van der Waals surface area contributed by atoms with E-state index in [0.29, 0.717) is 0 Å². The van der Waals surface area contributed by atoms with Crippen molar-refractivity contribution in [2.24, 2.45) is 0 Å². The number of anilines is 1. The van der Waals surface area contributed by atoms with Gasteiger partial charge in [-0.05, 0) is 18.2 Å². The number of nitrogens with zero attached hydrogens (tertiary/aromatic N) is 1. The van der Waals surface area contributed by atoms with E-state index in [-0.39, 0.29) is 22.0 Å². The van der Waals surface area contributed by atoms with Crippen LogP contribution in [-0.4, -0.2) is 22.2 Å². The van der Waals surface area contributed by atoms with Gasteiger partial charge in [0.1, 0.15) is 16.5 Å². The SMILES string of the molecule is O=C(Nc1ccccc1[C@@H](O)C(F)(F)F)c1csc(-c2ccccc2F)n1. The second-order valence-electron chi connectivity index (χ2n) is 5.50. The molecular formula is C18H12F4N2O2S. The summed E-state index contributed by atoms with van der Waals surface area (Å²) in [6, 6.07) is 11.0. The van der Waals surface area contributed by atoms with Crippen LogP contribution in [0.15, 0.2) is 53.9 Å². The van der Waals surface area contributed by atoms with Crippen LogP contribution in [0.25, 0.3) is 10.6 Å². The van der Waals surface area contributed by atoms with Crippen LogP contribution in [0, 0.1) is 5.82 Å². The van der Waals surface area contributed by atoms with E-state index < -0.39 is 29.6 Å². The van der Waals surface area contributed by atoms with Gasteiger partial charge in [0.2, 0.25) is 0 Å². The van der Waals surface area contributed by atoms with E-state index in [2.05, 4.69) is 10.3 Å². The van der Waals surface area contributed by atoms with Crippen molar-refractivity contribution in [3.63, 3.8) is 0 Å². The van der Waals surface area contributed by atoms with Crippen molar-refractivity contribution in [1.82, 2.24) is 4.98 Å². The van der Waals surface area contributed by atoms with Gasteiger partial charge in [-0.1, -0.05) is 30.3 Å². The largest absolute Gasteiger partial charge is 0.418 e. The molecule has 0 radical (unpaired) electrons. The van der Waals surface area contributed by atoms with Gasteiger partial charge in [-0.3, -0.25) is 4.79 Å². The molecule has 0 aliphatic rings. The summed E-state index contributed by atoms with van der Waals surface area (Å²) in [6.07, 6.45) is -7.61. The maximum Gasteiger partial charge on any atom is 0.418 e. The average Bonchev–Trinajstić information content (AvgIpc) is 3.11.